The summed E-state index contributed by atoms with van der Waals surface area (Å²) in [5.74, 6) is 0. The fraction of sp³-hybridized carbons (Fsp3) is 0.167. The van der Waals surface area contributed by atoms with Gasteiger partial charge in [-0.3, -0.25) is 0 Å². The van der Waals surface area contributed by atoms with E-state index in [4.69, 9.17) is 4.74 Å². The van der Waals surface area contributed by atoms with Crippen LogP contribution in [0.15, 0.2) is 25.3 Å². The van der Waals surface area contributed by atoms with Gasteiger partial charge in [-0.05, 0) is 18.3 Å². The number of hydrogen-bond acceptors (Lipinski definition) is 2. The molecule has 0 aromatic heterocycles. The van der Waals surface area contributed by atoms with Crippen molar-refractivity contribution < 1.29 is 4.74 Å². The third-order valence-electron chi connectivity index (χ3n) is 0.510. The van der Waals surface area contributed by atoms with Crippen LogP contribution in [0.5, 0.6) is 0 Å². The summed E-state index contributed by atoms with van der Waals surface area (Å²) in [5.41, 5.74) is 0. The summed E-state index contributed by atoms with van der Waals surface area (Å²) in [6.07, 6.45) is 3.12. The first-order chi connectivity index (χ1) is 3.81. The maximum atomic E-state index is 4.84. The number of hydrogen-bond donors (Lipinski definition) is 0. The molecule has 0 aliphatic heterocycles. The molecule has 0 N–H and O–H groups in total. The van der Waals surface area contributed by atoms with E-state index in [1.54, 1.807) is 6.08 Å². The normalized spacial score (nSPS) is 7.50. The molecule has 1 nitrogen and oxygen atoms in total. The smallest absolute Gasteiger partial charge is 0.183 e. The summed E-state index contributed by atoms with van der Waals surface area (Å²) in [6, 6.07) is 0. The molecule has 0 atom stereocenters. The van der Waals surface area contributed by atoms with Gasteiger partial charge in [0.15, 0.2) is 5.05 Å². The van der Waals surface area contributed by atoms with Crippen LogP contribution in [-0.2, 0) is 4.74 Å². The van der Waals surface area contributed by atoms with E-state index in [9.17, 15) is 0 Å². The van der Waals surface area contributed by atoms with Gasteiger partial charge < -0.3 is 4.74 Å². The van der Waals surface area contributed by atoms with E-state index < -0.39 is 0 Å². The van der Waals surface area contributed by atoms with E-state index in [1.807, 2.05) is 0 Å². The molecule has 8 heavy (non-hydrogen) atoms. The molecule has 44 valence electrons. The van der Waals surface area contributed by atoms with Crippen LogP contribution in [0.1, 0.15) is 0 Å². The second-order valence-electron chi connectivity index (χ2n) is 1.12. The van der Waals surface area contributed by atoms with Crippen molar-refractivity contribution in [1.29, 1.82) is 0 Å². The van der Waals surface area contributed by atoms with E-state index in [-0.39, 0.29) is 0 Å². The zero-order chi connectivity index (χ0) is 6.41. The Balaban J connectivity index is 3.24. The summed E-state index contributed by atoms with van der Waals surface area (Å²) < 4.78 is 4.84. The van der Waals surface area contributed by atoms with E-state index in [1.165, 1.54) is 6.08 Å². The monoisotopic (exact) mass is 128 g/mol. The summed E-state index contributed by atoms with van der Waals surface area (Å²) in [6.45, 7) is 7.32. The highest BCUT2D eigenvalue weighted by molar-refractivity contribution is 7.80. The lowest BCUT2D eigenvalue weighted by molar-refractivity contribution is 0.363. The second kappa shape index (κ2) is 4.53. The molecular formula is C6H8OS. The number of rotatable bonds is 3. The minimum absolute atomic E-state index is 0.421. The van der Waals surface area contributed by atoms with Crippen LogP contribution in [0.3, 0.4) is 0 Å². The minimum atomic E-state index is 0.421. The van der Waals surface area contributed by atoms with Crippen molar-refractivity contribution in [2.24, 2.45) is 0 Å². The van der Waals surface area contributed by atoms with Crippen LogP contribution >= 0.6 is 12.2 Å². The first-order valence-corrected chi connectivity index (χ1v) is 2.62. The third-order valence-corrected chi connectivity index (χ3v) is 0.795. The van der Waals surface area contributed by atoms with Gasteiger partial charge in [0.25, 0.3) is 0 Å². The Morgan fingerprint density at radius 1 is 1.62 bits per heavy atom. The number of ether oxygens (including phenoxy) is 1. The topological polar surface area (TPSA) is 9.23 Å². The average molecular weight is 128 g/mol. The molecule has 0 amide bonds. The van der Waals surface area contributed by atoms with Crippen LogP contribution in [0.2, 0.25) is 0 Å². The molecule has 0 radical (unpaired) electrons. The molecule has 0 spiro atoms. The van der Waals surface area contributed by atoms with Crippen molar-refractivity contribution in [2.75, 3.05) is 6.61 Å². The molecule has 0 heterocycles. The Hall–Kier alpha value is -0.630. The molecule has 0 rings (SSSR count). The third kappa shape index (κ3) is 3.56. The minimum Gasteiger partial charge on any atom is -0.479 e. The van der Waals surface area contributed by atoms with Gasteiger partial charge in [0.2, 0.25) is 0 Å². The van der Waals surface area contributed by atoms with Crippen molar-refractivity contribution in [3.8, 4) is 0 Å². The van der Waals surface area contributed by atoms with Crippen molar-refractivity contribution >= 4 is 17.3 Å². The fourth-order valence-corrected chi connectivity index (χ4v) is 0.268. The molecule has 0 aliphatic carbocycles. The van der Waals surface area contributed by atoms with Gasteiger partial charge in [0.05, 0.1) is 0 Å². The standard InChI is InChI=1S/C6H8OS/c1-3-5-7-6(8)4-2/h3-4H,1-2,5H2. The zero-order valence-corrected chi connectivity index (χ0v) is 5.41. The van der Waals surface area contributed by atoms with Gasteiger partial charge in [-0.2, -0.15) is 0 Å². The Labute approximate surface area is 54.7 Å². The molecule has 2 heteroatoms. The Bertz CT molecular complexity index is 107. The lowest BCUT2D eigenvalue weighted by Crippen LogP contribution is -1.95. The van der Waals surface area contributed by atoms with E-state index in [0.717, 1.165) is 0 Å². The van der Waals surface area contributed by atoms with E-state index >= 15 is 0 Å². The molecule has 0 aliphatic rings. The highest BCUT2D eigenvalue weighted by Gasteiger charge is 1.82. The van der Waals surface area contributed by atoms with Gasteiger partial charge in [0.1, 0.15) is 6.61 Å². The molecular weight excluding hydrogens is 120 g/mol. The maximum absolute atomic E-state index is 4.84. The molecule has 0 fully saturated rings. The van der Waals surface area contributed by atoms with Crippen molar-refractivity contribution in [3.63, 3.8) is 0 Å². The van der Waals surface area contributed by atoms with Gasteiger partial charge in [-0.1, -0.05) is 19.2 Å². The summed E-state index contributed by atoms with van der Waals surface area (Å²) >= 11 is 4.63. The Morgan fingerprint density at radius 2 is 2.25 bits per heavy atom. The summed E-state index contributed by atoms with van der Waals surface area (Å²) in [7, 11) is 0. The molecule has 0 saturated carbocycles. The van der Waals surface area contributed by atoms with Gasteiger partial charge >= 0.3 is 0 Å². The van der Waals surface area contributed by atoms with Crippen molar-refractivity contribution in [1.82, 2.24) is 0 Å². The first-order valence-electron chi connectivity index (χ1n) is 2.21. The SMILES string of the molecule is C=CCOC(=S)C=C. The van der Waals surface area contributed by atoms with Crippen LogP contribution in [-0.4, -0.2) is 11.7 Å². The maximum Gasteiger partial charge on any atom is 0.183 e. The Kier molecular flexibility index (Phi) is 4.17. The highest BCUT2D eigenvalue weighted by atomic mass is 32.1. The molecule has 0 bridgehead atoms. The molecule has 0 aromatic rings. The second-order valence-corrected chi connectivity index (χ2v) is 1.53. The lowest BCUT2D eigenvalue weighted by atomic mass is 10.6. The molecule has 0 aromatic carbocycles. The van der Waals surface area contributed by atoms with Crippen LogP contribution < -0.4 is 0 Å². The fourth-order valence-electron chi connectivity index (χ4n) is 0.200. The highest BCUT2D eigenvalue weighted by Crippen LogP contribution is 1.81. The lowest BCUT2D eigenvalue weighted by Gasteiger charge is -1.95. The van der Waals surface area contributed by atoms with Crippen molar-refractivity contribution in [3.05, 3.63) is 25.3 Å². The first kappa shape index (κ1) is 7.37. The largest absolute Gasteiger partial charge is 0.479 e. The zero-order valence-electron chi connectivity index (χ0n) is 4.59. The number of thiocarbonyl (C=S) groups is 1. The predicted octanol–water partition coefficient (Wildman–Crippen LogP) is 1.70. The van der Waals surface area contributed by atoms with Gasteiger partial charge in [-0.25, -0.2) is 0 Å². The quantitative estimate of drug-likeness (QED) is 0.325. The van der Waals surface area contributed by atoms with E-state index in [2.05, 4.69) is 25.4 Å². The predicted molar refractivity (Wildman–Crippen MR) is 38.9 cm³/mol. The van der Waals surface area contributed by atoms with Gasteiger partial charge in [0, 0.05) is 0 Å². The van der Waals surface area contributed by atoms with E-state index in [0.29, 0.717) is 11.7 Å². The Morgan fingerprint density at radius 3 is 2.62 bits per heavy atom. The van der Waals surface area contributed by atoms with Crippen molar-refractivity contribution in [2.45, 2.75) is 0 Å². The van der Waals surface area contributed by atoms with Crippen LogP contribution in [0.25, 0.3) is 0 Å². The van der Waals surface area contributed by atoms with Crippen LogP contribution in [0, 0.1) is 0 Å². The van der Waals surface area contributed by atoms with Crippen LogP contribution in [0.4, 0.5) is 0 Å². The summed E-state index contributed by atoms with van der Waals surface area (Å²) in [5, 5.41) is 0.421. The van der Waals surface area contributed by atoms with Gasteiger partial charge in [-0.15, -0.1) is 0 Å². The average Bonchev–Trinajstić information content (AvgIpc) is 1.83. The molecule has 0 saturated heterocycles. The molecule has 0 unspecified atom stereocenters. The summed E-state index contributed by atoms with van der Waals surface area (Å²) in [4.78, 5) is 0.